The van der Waals surface area contributed by atoms with E-state index in [0.717, 1.165) is 12.1 Å². The first-order valence-corrected chi connectivity index (χ1v) is 5.79. The molecule has 90 valence electrons. The van der Waals surface area contributed by atoms with E-state index in [9.17, 15) is 4.79 Å². The topological polar surface area (TPSA) is 41.1 Å². The van der Waals surface area contributed by atoms with Crippen molar-refractivity contribution in [2.45, 2.75) is 27.2 Å². The predicted octanol–water partition coefficient (Wildman–Crippen LogP) is 2.43. The lowest BCUT2D eigenvalue weighted by molar-refractivity contribution is -0.115. The number of nitrogens with one attached hydrogen (secondary N) is 2. The van der Waals surface area contributed by atoms with Gasteiger partial charge in [-0.2, -0.15) is 0 Å². The molecule has 0 radical (unpaired) electrons. The number of aryl methyl sites for hydroxylation is 1. The minimum atomic E-state index is -0.0169. The summed E-state index contributed by atoms with van der Waals surface area (Å²) < 4.78 is 0. The van der Waals surface area contributed by atoms with E-state index >= 15 is 0 Å². The lowest BCUT2D eigenvalue weighted by Gasteiger charge is -2.05. The third-order valence-electron chi connectivity index (χ3n) is 1.98. The van der Waals surface area contributed by atoms with Gasteiger partial charge in [-0.15, -0.1) is 0 Å². The van der Waals surface area contributed by atoms with Crippen LogP contribution >= 0.6 is 0 Å². The number of hydrogen-bond donors (Lipinski definition) is 2. The molecule has 0 atom stereocenters. The summed E-state index contributed by atoms with van der Waals surface area (Å²) in [7, 11) is 1.75. The highest BCUT2D eigenvalue weighted by Gasteiger charge is 1.99. The molecule has 16 heavy (non-hydrogen) atoms. The summed E-state index contributed by atoms with van der Waals surface area (Å²) in [5.74, 6) is -0.0169. The molecule has 0 fully saturated rings. The quantitative estimate of drug-likeness (QED) is 0.821. The SMILES string of the molecule is CC.CCc1ccc(NC(=O)CNC)cc1. The average molecular weight is 222 g/mol. The van der Waals surface area contributed by atoms with Crippen molar-refractivity contribution in [2.24, 2.45) is 0 Å². The van der Waals surface area contributed by atoms with Crippen LogP contribution in [0.15, 0.2) is 24.3 Å². The van der Waals surface area contributed by atoms with E-state index in [4.69, 9.17) is 0 Å². The zero-order valence-electron chi connectivity index (χ0n) is 10.6. The normalized spacial score (nSPS) is 9.00. The van der Waals surface area contributed by atoms with Gasteiger partial charge in [0.05, 0.1) is 6.54 Å². The fraction of sp³-hybridized carbons (Fsp3) is 0.462. The monoisotopic (exact) mass is 222 g/mol. The molecular weight excluding hydrogens is 200 g/mol. The molecule has 0 aliphatic rings. The Morgan fingerprint density at radius 3 is 2.19 bits per heavy atom. The lowest BCUT2D eigenvalue weighted by atomic mass is 10.1. The predicted molar refractivity (Wildman–Crippen MR) is 69.7 cm³/mol. The second-order valence-corrected chi connectivity index (χ2v) is 3.13. The van der Waals surface area contributed by atoms with E-state index in [-0.39, 0.29) is 5.91 Å². The summed E-state index contributed by atoms with van der Waals surface area (Å²) in [4.78, 5) is 11.2. The fourth-order valence-electron chi connectivity index (χ4n) is 1.19. The molecule has 0 unspecified atom stereocenters. The van der Waals surface area contributed by atoms with Gasteiger partial charge in [-0.05, 0) is 31.2 Å². The van der Waals surface area contributed by atoms with Crippen LogP contribution in [0.3, 0.4) is 0 Å². The van der Waals surface area contributed by atoms with Crippen LogP contribution in [0, 0.1) is 0 Å². The highest BCUT2D eigenvalue weighted by Crippen LogP contribution is 2.09. The van der Waals surface area contributed by atoms with Crippen molar-refractivity contribution in [3.63, 3.8) is 0 Å². The second-order valence-electron chi connectivity index (χ2n) is 3.13. The number of anilines is 1. The Morgan fingerprint density at radius 1 is 1.19 bits per heavy atom. The van der Waals surface area contributed by atoms with Crippen molar-refractivity contribution in [3.05, 3.63) is 29.8 Å². The average Bonchev–Trinajstić information content (AvgIpc) is 2.33. The van der Waals surface area contributed by atoms with Gasteiger partial charge in [0.25, 0.3) is 0 Å². The number of hydrogen-bond acceptors (Lipinski definition) is 2. The Labute approximate surface area is 98.3 Å². The fourth-order valence-corrected chi connectivity index (χ4v) is 1.19. The molecule has 0 saturated heterocycles. The van der Waals surface area contributed by atoms with E-state index in [1.807, 2.05) is 38.1 Å². The van der Waals surface area contributed by atoms with Crippen LogP contribution in [-0.2, 0) is 11.2 Å². The lowest BCUT2D eigenvalue weighted by Crippen LogP contribution is -2.24. The molecule has 0 bridgehead atoms. The van der Waals surface area contributed by atoms with Gasteiger partial charge in [0.15, 0.2) is 0 Å². The molecular formula is C13H22N2O. The Kier molecular flexibility index (Phi) is 8.17. The molecule has 0 aliphatic heterocycles. The first-order chi connectivity index (χ1) is 7.76. The van der Waals surface area contributed by atoms with E-state index in [0.29, 0.717) is 6.54 Å². The van der Waals surface area contributed by atoms with Crippen LogP contribution in [-0.4, -0.2) is 19.5 Å². The van der Waals surface area contributed by atoms with Gasteiger partial charge in [0.2, 0.25) is 5.91 Å². The maximum Gasteiger partial charge on any atom is 0.238 e. The van der Waals surface area contributed by atoms with E-state index in [1.165, 1.54) is 5.56 Å². The van der Waals surface area contributed by atoms with Crippen LogP contribution in [0.4, 0.5) is 5.69 Å². The number of carbonyl (C=O) groups is 1. The molecule has 0 aromatic heterocycles. The summed E-state index contributed by atoms with van der Waals surface area (Å²) in [6.45, 7) is 6.45. The third kappa shape index (κ3) is 5.51. The highest BCUT2D eigenvalue weighted by atomic mass is 16.1. The first-order valence-electron chi connectivity index (χ1n) is 5.79. The Bertz CT molecular complexity index is 293. The maximum atomic E-state index is 11.2. The van der Waals surface area contributed by atoms with E-state index in [2.05, 4.69) is 17.6 Å². The second kappa shape index (κ2) is 8.92. The van der Waals surface area contributed by atoms with Crippen LogP contribution < -0.4 is 10.6 Å². The minimum Gasteiger partial charge on any atom is -0.325 e. The van der Waals surface area contributed by atoms with Crippen LogP contribution in [0.25, 0.3) is 0 Å². The standard InChI is InChI=1S/C11H16N2O.C2H6/c1-3-9-4-6-10(7-5-9)13-11(14)8-12-2;1-2/h4-7,12H,3,8H2,1-2H3,(H,13,14);1-2H3. The Morgan fingerprint density at radius 2 is 1.75 bits per heavy atom. The number of likely N-dealkylation sites (N-methyl/N-ethyl adjacent to an activating group) is 1. The molecule has 1 aromatic carbocycles. The largest absolute Gasteiger partial charge is 0.325 e. The molecule has 1 amide bonds. The summed E-state index contributed by atoms with van der Waals surface area (Å²) in [6, 6.07) is 7.89. The van der Waals surface area contributed by atoms with Crippen LogP contribution in [0.2, 0.25) is 0 Å². The van der Waals surface area contributed by atoms with Gasteiger partial charge in [0, 0.05) is 5.69 Å². The van der Waals surface area contributed by atoms with Crippen molar-refractivity contribution in [1.29, 1.82) is 0 Å². The molecule has 0 saturated carbocycles. The number of carbonyl (C=O) groups excluding carboxylic acids is 1. The molecule has 2 N–H and O–H groups in total. The molecule has 0 spiro atoms. The van der Waals surface area contributed by atoms with Crippen molar-refractivity contribution in [3.8, 4) is 0 Å². The Balaban J connectivity index is 0.00000106. The molecule has 3 nitrogen and oxygen atoms in total. The van der Waals surface area contributed by atoms with Gasteiger partial charge in [-0.25, -0.2) is 0 Å². The van der Waals surface area contributed by atoms with Crippen LogP contribution in [0.1, 0.15) is 26.3 Å². The summed E-state index contributed by atoms with van der Waals surface area (Å²) in [5.41, 5.74) is 2.12. The molecule has 1 aromatic rings. The first kappa shape index (κ1) is 14.6. The summed E-state index contributed by atoms with van der Waals surface area (Å²) in [5, 5.41) is 5.59. The van der Waals surface area contributed by atoms with Gasteiger partial charge < -0.3 is 10.6 Å². The highest BCUT2D eigenvalue weighted by molar-refractivity contribution is 5.92. The van der Waals surface area contributed by atoms with Gasteiger partial charge in [-0.1, -0.05) is 32.9 Å². The summed E-state index contributed by atoms with van der Waals surface area (Å²) in [6.07, 6.45) is 1.02. The zero-order chi connectivity index (χ0) is 12.4. The van der Waals surface area contributed by atoms with E-state index < -0.39 is 0 Å². The van der Waals surface area contributed by atoms with Crippen molar-refractivity contribution in [1.82, 2.24) is 5.32 Å². The number of benzene rings is 1. The number of amides is 1. The maximum absolute atomic E-state index is 11.2. The molecule has 0 heterocycles. The van der Waals surface area contributed by atoms with Crippen molar-refractivity contribution < 1.29 is 4.79 Å². The van der Waals surface area contributed by atoms with Gasteiger partial charge >= 0.3 is 0 Å². The summed E-state index contributed by atoms with van der Waals surface area (Å²) >= 11 is 0. The minimum absolute atomic E-state index is 0.0169. The zero-order valence-corrected chi connectivity index (χ0v) is 10.6. The smallest absolute Gasteiger partial charge is 0.238 e. The molecule has 1 rings (SSSR count). The van der Waals surface area contributed by atoms with Gasteiger partial charge in [-0.3, -0.25) is 4.79 Å². The van der Waals surface area contributed by atoms with Crippen LogP contribution in [0.5, 0.6) is 0 Å². The van der Waals surface area contributed by atoms with Crippen molar-refractivity contribution in [2.75, 3.05) is 18.9 Å². The van der Waals surface area contributed by atoms with Gasteiger partial charge in [0.1, 0.15) is 0 Å². The van der Waals surface area contributed by atoms with Crippen molar-refractivity contribution >= 4 is 11.6 Å². The van der Waals surface area contributed by atoms with E-state index in [1.54, 1.807) is 7.05 Å². The third-order valence-corrected chi connectivity index (χ3v) is 1.98. The molecule has 3 heteroatoms. The number of rotatable bonds is 4. The Hall–Kier alpha value is -1.35. The molecule has 0 aliphatic carbocycles.